The Bertz CT molecular complexity index is 974. The number of rotatable bonds is 5. The molecular formula is C18H16N4O4. The zero-order chi connectivity index (χ0) is 18.5. The summed E-state index contributed by atoms with van der Waals surface area (Å²) in [5.41, 5.74) is 0.871. The van der Waals surface area contributed by atoms with Crippen LogP contribution in [-0.2, 0) is 4.74 Å². The molecule has 8 heteroatoms. The van der Waals surface area contributed by atoms with Crippen molar-refractivity contribution in [2.24, 2.45) is 0 Å². The van der Waals surface area contributed by atoms with Gasteiger partial charge in [0.2, 0.25) is 5.82 Å². The maximum absolute atomic E-state index is 12.3. The number of H-pyrrole nitrogens is 1. The van der Waals surface area contributed by atoms with E-state index in [1.807, 2.05) is 6.07 Å². The predicted octanol–water partition coefficient (Wildman–Crippen LogP) is 1.99. The first kappa shape index (κ1) is 17.2. The van der Waals surface area contributed by atoms with E-state index in [1.54, 1.807) is 55.5 Å². The highest BCUT2D eigenvalue weighted by atomic mass is 16.5. The molecule has 0 aliphatic heterocycles. The summed E-state index contributed by atoms with van der Waals surface area (Å²) < 4.78 is 6.01. The van der Waals surface area contributed by atoms with Crippen LogP contribution in [0.5, 0.6) is 0 Å². The Balaban J connectivity index is 1.75. The van der Waals surface area contributed by atoms with Gasteiger partial charge in [0.25, 0.3) is 5.91 Å². The number of nitrogens with one attached hydrogen (secondary N) is 2. The Morgan fingerprint density at radius 1 is 1.12 bits per heavy atom. The molecule has 2 N–H and O–H groups in total. The van der Waals surface area contributed by atoms with Crippen LogP contribution in [0.4, 0.5) is 5.69 Å². The molecule has 8 nitrogen and oxygen atoms in total. The van der Waals surface area contributed by atoms with Crippen LogP contribution in [0.1, 0.15) is 27.9 Å². The topological polar surface area (TPSA) is 106 Å². The summed E-state index contributed by atoms with van der Waals surface area (Å²) in [4.78, 5) is 38.3. The van der Waals surface area contributed by atoms with Crippen molar-refractivity contribution in [1.29, 1.82) is 0 Å². The molecule has 26 heavy (non-hydrogen) atoms. The largest absolute Gasteiger partial charge is 0.462 e. The number of carbonyl (C=O) groups is 2. The van der Waals surface area contributed by atoms with Gasteiger partial charge < -0.3 is 10.1 Å². The molecule has 0 saturated carbocycles. The van der Waals surface area contributed by atoms with Crippen LogP contribution in [0.25, 0.3) is 5.69 Å². The zero-order valence-corrected chi connectivity index (χ0v) is 13.9. The van der Waals surface area contributed by atoms with Crippen LogP contribution in [0.15, 0.2) is 59.4 Å². The SMILES string of the molecule is CCOC(=O)c1ccc(NC(=O)c2nn(-c3ccccc3)c(=O)[nH]2)cc1. The Kier molecular flexibility index (Phi) is 4.93. The van der Waals surface area contributed by atoms with Crippen molar-refractivity contribution in [1.82, 2.24) is 14.8 Å². The standard InChI is InChI=1S/C18H16N4O4/c1-2-26-17(24)12-8-10-13(11-9-12)19-16(23)15-20-18(25)22(21-15)14-6-4-3-5-7-14/h3-11H,2H2,1H3,(H,19,23)(H,20,21,25). The molecule has 1 heterocycles. The molecule has 2 aromatic carbocycles. The van der Waals surface area contributed by atoms with E-state index in [-0.39, 0.29) is 12.4 Å². The molecule has 0 aliphatic carbocycles. The number of carbonyl (C=O) groups excluding carboxylic acids is 2. The molecule has 1 aromatic heterocycles. The summed E-state index contributed by atoms with van der Waals surface area (Å²) in [6.45, 7) is 2.01. The third-order valence-electron chi connectivity index (χ3n) is 3.49. The van der Waals surface area contributed by atoms with Crippen molar-refractivity contribution in [2.45, 2.75) is 6.92 Å². The van der Waals surface area contributed by atoms with Crippen LogP contribution < -0.4 is 11.0 Å². The summed E-state index contributed by atoms with van der Waals surface area (Å²) in [5.74, 6) is -1.12. The lowest BCUT2D eigenvalue weighted by Crippen LogP contribution is -2.15. The van der Waals surface area contributed by atoms with Crippen molar-refractivity contribution >= 4 is 17.6 Å². The molecule has 0 bridgehead atoms. The Hall–Kier alpha value is -3.68. The van der Waals surface area contributed by atoms with E-state index in [4.69, 9.17) is 4.74 Å². The maximum atomic E-state index is 12.3. The van der Waals surface area contributed by atoms with Crippen LogP contribution in [0.3, 0.4) is 0 Å². The van der Waals surface area contributed by atoms with Crippen LogP contribution >= 0.6 is 0 Å². The van der Waals surface area contributed by atoms with E-state index in [1.165, 1.54) is 0 Å². The fourth-order valence-corrected chi connectivity index (χ4v) is 2.27. The number of para-hydroxylation sites is 1. The smallest absolute Gasteiger partial charge is 0.348 e. The molecule has 3 aromatic rings. The number of ether oxygens (including phenoxy) is 1. The van der Waals surface area contributed by atoms with Gasteiger partial charge in [0.05, 0.1) is 17.9 Å². The van der Waals surface area contributed by atoms with E-state index in [2.05, 4.69) is 15.4 Å². The van der Waals surface area contributed by atoms with Crippen LogP contribution in [-0.4, -0.2) is 33.2 Å². The van der Waals surface area contributed by atoms with Gasteiger partial charge in [0, 0.05) is 5.69 Å². The monoisotopic (exact) mass is 352 g/mol. The van der Waals surface area contributed by atoms with E-state index >= 15 is 0 Å². The third kappa shape index (κ3) is 3.69. The lowest BCUT2D eigenvalue weighted by atomic mass is 10.2. The lowest BCUT2D eigenvalue weighted by molar-refractivity contribution is 0.0526. The summed E-state index contributed by atoms with van der Waals surface area (Å²) in [6.07, 6.45) is 0. The molecular weight excluding hydrogens is 336 g/mol. The minimum Gasteiger partial charge on any atom is -0.462 e. The minimum atomic E-state index is -0.569. The first-order chi connectivity index (χ1) is 12.6. The summed E-state index contributed by atoms with van der Waals surface area (Å²) in [5, 5.41) is 6.62. The van der Waals surface area contributed by atoms with Gasteiger partial charge in [-0.25, -0.2) is 9.59 Å². The molecule has 132 valence electrons. The number of benzene rings is 2. The fraction of sp³-hybridized carbons (Fsp3) is 0.111. The lowest BCUT2D eigenvalue weighted by Gasteiger charge is -2.05. The second-order valence-electron chi connectivity index (χ2n) is 5.28. The first-order valence-electron chi connectivity index (χ1n) is 7.92. The molecule has 0 saturated heterocycles. The van der Waals surface area contributed by atoms with E-state index in [9.17, 15) is 14.4 Å². The van der Waals surface area contributed by atoms with Gasteiger partial charge in [-0.1, -0.05) is 18.2 Å². The molecule has 0 unspecified atom stereocenters. The van der Waals surface area contributed by atoms with E-state index in [0.29, 0.717) is 16.9 Å². The average Bonchev–Trinajstić information content (AvgIpc) is 3.05. The molecule has 0 radical (unpaired) electrons. The van der Waals surface area contributed by atoms with Gasteiger partial charge in [0.1, 0.15) is 0 Å². The van der Waals surface area contributed by atoms with Crippen molar-refractivity contribution in [3.05, 3.63) is 76.5 Å². The number of amides is 1. The number of aromatic amines is 1. The Labute approximate surface area is 148 Å². The Morgan fingerprint density at radius 3 is 2.46 bits per heavy atom. The number of nitrogens with zero attached hydrogens (tertiary/aromatic N) is 2. The van der Waals surface area contributed by atoms with Crippen LogP contribution in [0, 0.1) is 0 Å². The highest BCUT2D eigenvalue weighted by Crippen LogP contribution is 2.11. The van der Waals surface area contributed by atoms with Crippen molar-refractivity contribution in [2.75, 3.05) is 11.9 Å². The third-order valence-corrected chi connectivity index (χ3v) is 3.49. The minimum absolute atomic E-state index is 0.117. The van der Waals surface area contributed by atoms with Gasteiger partial charge in [-0.15, -0.1) is 5.10 Å². The summed E-state index contributed by atoms with van der Waals surface area (Å²) in [7, 11) is 0. The van der Waals surface area contributed by atoms with Gasteiger partial charge in [-0.3, -0.25) is 9.78 Å². The quantitative estimate of drug-likeness (QED) is 0.683. The number of aromatic nitrogens is 3. The summed E-state index contributed by atoms with van der Waals surface area (Å²) in [6, 6.07) is 15.0. The predicted molar refractivity (Wildman–Crippen MR) is 94.5 cm³/mol. The molecule has 0 atom stereocenters. The normalized spacial score (nSPS) is 10.3. The van der Waals surface area contributed by atoms with Gasteiger partial charge >= 0.3 is 11.7 Å². The van der Waals surface area contributed by atoms with Crippen LogP contribution in [0.2, 0.25) is 0 Å². The number of esters is 1. The highest BCUT2D eigenvalue weighted by Gasteiger charge is 2.15. The van der Waals surface area contributed by atoms with Crippen molar-refractivity contribution in [3.63, 3.8) is 0 Å². The van der Waals surface area contributed by atoms with Gasteiger partial charge in [-0.05, 0) is 43.3 Å². The molecule has 1 amide bonds. The molecule has 0 fully saturated rings. The zero-order valence-electron chi connectivity index (χ0n) is 13.9. The molecule has 3 rings (SSSR count). The average molecular weight is 352 g/mol. The molecule has 0 spiro atoms. The molecule has 0 aliphatic rings. The van der Waals surface area contributed by atoms with Gasteiger partial charge in [-0.2, -0.15) is 4.68 Å². The number of hydrogen-bond acceptors (Lipinski definition) is 5. The maximum Gasteiger partial charge on any atom is 0.348 e. The van der Waals surface area contributed by atoms with E-state index < -0.39 is 17.6 Å². The second-order valence-corrected chi connectivity index (χ2v) is 5.28. The highest BCUT2D eigenvalue weighted by molar-refractivity contribution is 6.01. The first-order valence-corrected chi connectivity index (χ1v) is 7.92. The second kappa shape index (κ2) is 7.47. The number of anilines is 1. The fourth-order valence-electron chi connectivity index (χ4n) is 2.27. The number of hydrogen-bond donors (Lipinski definition) is 2. The Morgan fingerprint density at radius 2 is 1.81 bits per heavy atom. The van der Waals surface area contributed by atoms with Crippen molar-refractivity contribution < 1.29 is 14.3 Å². The van der Waals surface area contributed by atoms with Crippen molar-refractivity contribution in [3.8, 4) is 5.69 Å². The van der Waals surface area contributed by atoms with E-state index in [0.717, 1.165) is 4.68 Å². The van der Waals surface area contributed by atoms with Gasteiger partial charge in [0.15, 0.2) is 0 Å². The summed E-state index contributed by atoms with van der Waals surface area (Å²) >= 11 is 0.